The van der Waals surface area contributed by atoms with E-state index >= 15 is 0 Å². The zero-order chi connectivity index (χ0) is 18.5. The lowest BCUT2D eigenvalue weighted by Gasteiger charge is -2.24. The van der Waals surface area contributed by atoms with Crippen LogP contribution >= 0.6 is 0 Å². The van der Waals surface area contributed by atoms with Gasteiger partial charge in [-0.25, -0.2) is 0 Å². The second-order valence-corrected chi connectivity index (χ2v) is 7.72. The first-order valence-corrected chi connectivity index (χ1v) is 10.1. The van der Waals surface area contributed by atoms with Crippen LogP contribution in [0.3, 0.4) is 0 Å². The van der Waals surface area contributed by atoms with Crippen LogP contribution < -0.4 is 10.2 Å². The average molecular weight is 365 g/mol. The van der Waals surface area contributed by atoms with Gasteiger partial charge < -0.3 is 15.0 Å². The molecule has 1 fully saturated rings. The molecule has 1 aliphatic carbocycles. The quantitative estimate of drug-likeness (QED) is 0.814. The molecule has 4 nitrogen and oxygen atoms in total. The van der Waals surface area contributed by atoms with Gasteiger partial charge in [0.05, 0.1) is 19.6 Å². The summed E-state index contributed by atoms with van der Waals surface area (Å²) in [7, 11) is 0. The molecule has 4 heteroatoms. The molecule has 0 atom stereocenters. The van der Waals surface area contributed by atoms with Gasteiger partial charge in [0, 0.05) is 12.1 Å². The van der Waals surface area contributed by atoms with Crippen LogP contribution in [0.4, 0.5) is 0 Å². The Kier molecular flexibility index (Phi) is 5.85. The Balaban J connectivity index is 1.33. The highest BCUT2D eigenvalue weighted by atomic mass is 16.5. The molecule has 1 saturated heterocycles. The molecule has 0 radical (unpaired) electrons. The van der Waals surface area contributed by atoms with E-state index in [9.17, 15) is 4.79 Å². The van der Waals surface area contributed by atoms with E-state index < -0.39 is 0 Å². The van der Waals surface area contributed by atoms with E-state index in [4.69, 9.17) is 4.74 Å². The van der Waals surface area contributed by atoms with Crippen molar-refractivity contribution in [2.45, 2.75) is 38.8 Å². The maximum Gasteiger partial charge on any atom is 0.224 e. The van der Waals surface area contributed by atoms with E-state index in [0.29, 0.717) is 13.0 Å². The van der Waals surface area contributed by atoms with Gasteiger partial charge in [0.25, 0.3) is 0 Å². The molecule has 0 unspecified atom stereocenters. The minimum atomic E-state index is 0.0986. The number of aryl methyl sites for hydroxylation is 2. The van der Waals surface area contributed by atoms with Crippen LogP contribution in [0.1, 0.15) is 34.2 Å². The van der Waals surface area contributed by atoms with Crippen LogP contribution in [0.5, 0.6) is 0 Å². The predicted molar refractivity (Wildman–Crippen MR) is 106 cm³/mol. The molecule has 4 rings (SSSR count). The molecular formula is C23H29N2O2+. The summed E-state index contributed by atoms with van der Waals surface area (Å²) in [6, 6.07) is 15.0. The molecule has 2 aromatic rings. The molecule has 27 heavy (non-hydrogen) atoms. The molecular weight excluding hydrogens is 336 g/mol. The summed E-state index contributed by atoms with van der Waals surface area (Å²) < 4.78 is 5.45. The smallest absolute Gasteiger partial charge is 0.224 e. The molecule has 1 heterocycles. The monoisotopic (exact) mass is 365 g/mol. The van der Waals surface area contributed by atoms with Crippen LogP contribution in [-0.4, -0.2) is 32.2 Å². The predicted octanol–water partition coefficient (Wildman–Crippen LogP) is 1.45. The Morgan fingerprint density at radius 1 is 1.00 bits per heavy atom. The Labute approximate surface area is 161 Å². The summed E-state index contributed by atoms with van der Waals surface area (Å²) >= 11 is 0. The maximum absolute atomic E-state index is 12.5. The molecule has 1 amide bonds. The van der Waals surface area contributed by atoms with E-state index in [2.05, 4.69) is 47.8 Å². The minimum absolute atomic E-state index is 0.0986. The molecule has 2 aliphatic rings. The lowest BCUT2D eigenvalue weighted by Crippen LogP contribution is -3.12. The number of carbonyl (C=O) groups is 1. The number of morpholine rings is 1. The fourth-order valence-corrected chi connectivity index (χ4v) is 4.19. The summed E-state index contributed by atoms with van der Waals surface area (Å²) in [5, 5.41) is 3.12. The summed E-state index contributed by atoms with van der Waals surface area (Å²) in [6.07, 6.45) is 4.04. The van der Waals surface area contributed by atoms with E-state index in [1.54, 1.807) is 4.90 Å². The third kappa shape index (κ3) is 4.76. The highest BCUT2D eigenvalue weighted by molar-refractivity contribution is 5.78. The molecule has 0 saturated carbocycles. The minimum Gasteiger partial charge on any atom is -0.370 e. The fourth-order valence-electron chi connectivity index (χ4n) is 4.19. The first-order valence-electron chi connectivity index (χ1n) is 10.1. The lowest BCUT2D eigenvalue weighted by molar-refractivity contribution is -0.921. The van der Waals surface area contributed by atoms with Crippen molar-refractivity contribution in [3.05, 3.63) is 70.3 Å². The Bertz CT molecular complexity index is 797. The molecule has 2 aromatic carbocycles. The van der Waals surface area contributed by atoms with Crippen molar-refractivity contribution in [1.82, 2.24) is 5.32 Å². The summed E-state index contributed by atoms with van der Waals surface area (Å²) in [4.78, 5) is 14.0. The molecule has 2 N–H and O–H groups in total. The number of amides is 1. The van der Waals surface area contributed by atoms with E-state index in [0.717, 1.165) is 44.8 Å². The SMILES string of the molecule is O=C(Cc1ccc2c(c1)CCC2)NCc1ccccc1C[NH+]1CCOCC1. The normalized spacial score (nSPS) is 16.9. The van der Waals surface area contributed by atoms with Gasteiger partial charge in [0.1, 0.15) is 19.6 Å². The van der Waals surface area contributed by atoms with Gasteiger partial charge in [0.2, 0.25) is 5.91 Å². The first kappa shape index (κ1) is 18.2. The zero-order valence-corrected chi connectivity index (χ0v) is 15.9. The number of hydrogen-bond acceptors (Lipinski definition) is 2. The third-order valence-corrected chi connectivity index (χ3v) is 5.76. The largest absolute Gasteiger partial charge is 0.370 e. The second-order valence-electron chi connectivity index (χ2n) is 7.72. The molecule has 0 bridgehead atoms. The number of rotatable bonds is 6. The van der Waals surface area contributed by atoms with Crippen molar-refractivity contribution in [2.75, 3.05) is 26.3 Å². The van der Waals surface area contributed by atoms with Crippen molar-refractivity contribution in [3.8, 4) is 0 Å². The average Bonchev–Trinajstić information content (AvgIpc) is 3.16. The Hall–Kier alpha value is -2.17. The van der Waals surface area contributed by atoms with Crippen LogP contribution in [-0.2, 0) is 41.9 Å². The van der Waals surface area contributed by atoms with Gasteiger partial charge in [0.15, 0.2) is 0 Å². The number of fused-ring (bicyclic) bond motifs is 1. The van der Waals surface area contributed by atoms with Gasteiger partial charge >= 0.3 is 0 Å². The van der Waals surface area contributed by atoms with Crippen LogP contribution in [0.2, 0.25) is 0 Å². The van der Waals surface area contributed by atoms with Crippen LogP contribution in [0, 0.1) is 0 Å². The topological polar surface area (TPSA) is 42.8 Å². The highest BCUT2D eigenvalue weighted by Crippen LogP contribution is 2.23. The van der Waals surface area contributed by atoms with E-state index in [1.165, 1.54) is 35.1 Å². The fraction of sp³-hybridized carbons (Fsp3) is 0.435. The van der Waals surface area contributed by atoms with Gasteiger partial charge in [-0.2, -0.15) is 0 Å². The van der Waals surface area contributed by atoms with Crippen molar-refractivity contribution >= 4 is 5.91 Å². The van der Waals surface area contributed by atoms with E-state index in [1.807, 2.05) is 0 Å². The van der Waals surface area contributed by atoms with Gasteiger partial charge in [-0.05, 0) is 41.5 Å². The number of quaternary nitrogens is 1. The van der Waals surface area contributed by atoms with Crippen molar-refractivity contribution in [1.29, 1.82) is 0 Å². The second kappa shape index (κ2) is 8.68. The van der Waals surface area contributed by atoms with Gasteiger partial charge in [-0.3, -0.25) is 4.79 Å². The molecule has 142 valence electrons. The van der Waals surface area contributed by atoms with Crippen molar-refractivity contribution < 1.29 is 14.4 Å². The molecule has 0 aromatic heterocycles. The zero-order valence-electron chi connectivity index (χ0n) is 15.9. The van der Waals surface area contributed by atoms with Crippen LogP contribution in [0.25, 0.3) is 0 Å². The van der Waals surface area contributed by atoms with Crippen molar-refractivity contribution in [2.24, 2.45) is 0 Å². The summed E-state index contributed by atoms with van der Waals surface area (Å²) in [5.41, 5.74) is 6.56. The molecule has 1 aliphatic heterocycles. The number of nitrogens with one attached hydrogen (secondary N) is 2. The third-order valence-electron chi connectivity index (χ3n) is 5.76. The first-order chi connectivity index (χ1) is 13.3. The van der Waals surface area contributed by atoms with Gasteiger partial charge in [-0.15, -0.1) is 0 Å². The number of hydrogen-bond donors (Lipinski definition) is 2. The van der Waals surface area contributed by atoms with Crippen LogP contribution in [0.15, 0.2) is 42.5 Å². The lowest BCUT2D eigenvalue weighted by atomic mass is 10.0. The van der Waals surface area contributed by atoms with E-state index in [-0.39, 0.29) is 5.91 Å². The summed E-state index contributed by atoms with van der Waals surface area (Å²) in [6.45, 7) is 5.39. The number of ether oxygens (including phenoxy) is 1. The number of benzene rings is 2. The molecule has 0 spiro atoms. The highest BCUT2D eigenvalue weighted by Gasteiger charge is 2.16. The van der Waals surface area contributed by atoms with Gasteiger partial charge in [-0.1, -0.05) is 42.5 Å². The number of carbonyl (C=O) groups excluding carboxylic acids is 1. The maximum atomic E-state index is 12.5. The van der Waals surface area contributed by atoms with Crippen molar-refractivity contribution in [3.63, 3.8) is 0 Å². The summed E-state index contributed by atoms with van der Waals surface area (Å²) in [5.74, 6) is 0.0986. The Morgan fingerprint density at radius 3 is 2.63 bits per heavy atom. The standard InChI is InChI=1S/C23H28N2O2/c26-23(15-18-8-9-19-6-3-7-20(19)14-18)24-16-21-4-1-2-5-22(21)17-25-10-12-27-13-11-25/h1-2,4-5,8-9,14H,3,6-7,10-13,15-17H2,(H,24,26)/p+1. The Morgan fingerprint density at radius 2 is 1.78 bits per heavy atom.